The lowest BCUT2D eigenvalue weighted by Gasteiger charge is -2.18. The summed E-state index contributed by atoms with van der Waals surface area (Å²) in [4.78, 5) is 11.1. The van der Waals surface area contributed by atoms with Gasteiger partial charge < -0.3 is 14.6 Å². The highest BCUT2D eigenvalue weighted by Crippen LogP contribution is 2.10. The van der Waals surface area contributed by atoms with Crippen LogP contribution in [0, 0.1) is 0 Å². The van der Waals surface area contributed by atoms with E-state index in [9.17, 15) is 9.90 Å². The van der Waals surface area contributed by atoms with E-state index in [0.717, 1.165) is 19.3 Å². The fraction of sp³-hybridized carbons (Fsp3) is 0.900. The summed E-state index contributed by atoms with van der Waals surface area (Å²) in [5, 5.41) is 9.61. The normalized spacial score (nSPS) is 14.9. The molecular weight excluding hydrogens is 184 g/mol. The van der Waals surface area contributed by atoms with Crippen LogP contribution in [0.15, 0.2) is 0 Å². The number of carbonyl (C=O) groups excluding carboxylic acids is 1. The van der Waals surface area contributed by atoms with Crippen molar-refractivity contribution in [3.05, 3.63) is 0 Å². The van der Waals surface area contributed by atoms with Crippen molar-refractivity contribution < 1.29 is 19.4 Å². The molecule has 0 saturated heterocycles. The minimum Gasteiger partial charge on any atom is -0.467 e. The molecule has 0 amide bonds. The quantitative estimate of drug-likeness (QED) is 0.498. The summed E-state index contributed by atoms with van der Waals surface area (Å²) < 4.78 is 9.38. The molecule has 14 heavy (non-hydrogen) atoms. The molecule has 4 nitrogen and oxygen atoms in total. The van der Waals surface area contributed by atoms with Crippen molar-refractivity contribution in [1.29, 1.82) is 0 Å². The van der Waals surface area contributed by atoms with E-state index in [1.807, 2.05) is 0 Å². The highest BCUT2D eigenvalue weighted by molar-refractivity contribution is 5.75. The number of hydrogen-bond acceptors (Lipinski definition) is 4. The SMILES string of the molecule is CCCCC[C@@H](O)[C@H](OC)C(=O)OC. The zero-order chi connectivity index (χ0) is 11.0. The Kier molecular flexibility index (Phi) is 7.42. The Morgan fingerprint density at radius 2 is 2.00 bits per heavy atom. The van der Waals surface area contributed by atoms with Crippen molar-refractivity contribution in [3.63, 3.8) is 0 Å². The molecule has 84 valence electrons. The van der Waals surface area contributed by atoms with Crippen molar-refractivity contribution in [2.24, 2.45) is 0 Å². The first-order chi connectivity index (χ1) is 6.67. The molecular formula is C10H20O4. The van der Waals surface area contributed by atoms with Crippen molar-refractivity contribution in [3.8, 4) is 0 Å². The molecule has 0 aromatic heterocycles. The molecule has 0 bridgehead atoms. The fourth-order valence-corrected chi connectivity index (χ4v) is 1.28. The molecule has 1 N–H and O–H groups in total. The molecule has 0 fully saturated rings. The van der Waals surface area contributed by atoms with E-state index in [1.165, 1.54) is 14.2 Å². The first-order valence-electron chi connectivity index (χ1n) is 4.96. The second-order valence-electron chi connectivity index (χ2n) is 3.24. The van der Waals surface area contributed by atoms with Gasteiger partial charge in [0, 0.05) is 7.11 Å². The van der Waals surface area contributed by atoms with E-state index < -0.39 is 18.2 Å². The maximum atomic E-state index is 11.1. The Morgan fingerprint density at radius 1 is 1.36 bits per heavy atom. The van der Waals surface area contributed by atoms with Crippen molar-refractivity contribution in [2.45, 2.75) is 44.8 Å². The summed E-state index contributed by atoms with van der Waals surface area (Å²) >= 11 is 0. The predicted molar refractivity (Wildman–Crippen MR) is 53.0 cm³/mol. The molecule has 0 radical (unpaired) electrons. The summed E-state index contributed by atoms with van der Waals surface area (Å²) in [6.07, 6.45) is 1.99. The number of unbranched alkanes of at least 4 members (excludes halogenated alkanes) is 2. The summed E-state index contributed by atoms with van der Waals surface area (Å²) in [6, 6.07) is 0. The molecule has 0 aliphatic heterocycles. The molecule has 0 rings (SSSR count). The van der Waals surface area contributed by atoms with E-state index in [1.54, 1.807) is 0 Å². The lowest BCUT2D eigenvalue weighted by atomic mass is 10.1. The lowest BCUT2D eigenvalue weighted by molar-refractivity contribution is -0.159. The van der Waals surface area contributed by atoms with Crippen LogP contribution in [-0.4, -0.2) is 37.5 Å². The van der Waals surface area contributed by atoms with Crippen LogP contribution in [-0.2, 0) is 14.3 Å². The number of esters is 1. The molecule has 0 aromatic carbocycles. The van der Waals surface area contributed by atoms with Gasteiger partial charge in [-0.15, -0.1) is 0 Å². The van der Waals surface area contributed by atoms with Crippen molar-refractivity contribution in [1.82, 2.24) is 0 Å². The molecule has 0 spiro atoms. The number of hydrogen-bond donors (Lipinski definition) is 1. The maximum Gasteiger partial charge on any atom is 0.337 e. The Balaban J connectivity index is 3.91. The molecule has 0 aliphatic carbocycles. The second kappa shape index (κ2) is 7.76. The third-order valence-electron chi connectivity index (χ3n) is 2.14. The number of aliphatic hydroxyl groups is 1. The van der Waals surface area contributed by atoms with E-state index in [2.05, 4.69) is 11.7 Å². The van der Waals surface area contributed by atoms with E-state index in [0.29, 0.717) is 6.42 Å². The average Bonchev–Trinajstić information content (AvgIpc) is 2.19. The zero-order valence-corrected chi connectivity index (χ0v) is 9.16. The minimum absolute atomic E-state index is 0.517. The number of methoxy groups -OCH3 is 2. The molecule has 0 aliphatic rings. The smallest absolute Gasteiger partial charge is 0.337 e. The Hall–Kier alpha value is -0.610. The van der Waals surface area contributed by atoms with Crippen LogP contribution in [0.3, 0.4) is 0 Å². The number of ether oxygens (including phenoxy) is 2. The monoisotopic (exact) mass is 204 g/mol. The number of aliphatic hydroxyl groups excluding tert-OH is 1. The van der Waals surface area contributed by atoms with Crippen molar-refractivity contribution in [2.75, 3.05) is 14.2 Å². The standard InChI is InChI=1S/C10H20O4/c1-4-5-6-7-8(11)9(13-2)10(12)14-3/h8-9,11H,4-7H2,1-3H3/t8-,9+/m1/s1. The average molecular weight is 204 g/mol. The number of carbonyl (C=O) groups is 1. The van der Waals surface area contributed by atoms with Gasteiger partial charge in [-0.3, -0.25) is 0 Å². The fourth-order valence-electron chi connectivity index (χ4n) is 1.28. The van der Waals surface area contributed by atoms with Gasteiger partial charge in [-0.2, -0.15) is 0 Å². The summed E-state index contributed by atoms with van der Waals surface area (Å²) in [5.74, 6) is -0.517. The van der Waals surface area contributed by atoms with E-state index in [4.69, 9.17) is 4.74 Å². The van der Waals surface area contributed by atoms with Gasteiger partial charge in [0.15, 0.2) is 6.10 Å². The van der Waals surface area contributed by atoms with Crippen LogP contribution >= 0.6 is 0 Å². The van der Waals surface area contributed by atoms with Gasteiger partial charge in [-0.1, -0.05) is 26.2 Å². The van der Waals surface area contributed by atoms with Gasteiger partial charge in [-0.25, -0.2) is 4.79 Å². The Bertz CT molecular complexity index is 158. The molecule has 0 aromatic rings. The van der Waals surface area contributed by atoms with Gasteiger partial charge in [0.1, 0.15) is 0 Å². The summed E-state index contributed by atoms with van der Waals surface area (Å²) in [6.45, 7) is 2.08. The first kappa shape index (κ1) is 13.4. The lowest BCUT2D eigenvalue weighted by Crippen LogP contribution is -2.36. The third kappa shape index (κ3) is 4.58. The van der Waals surface area contributed by atoms with E-state index in [-0.39, 0.29) is 0 Å². The van der Waals surface area contributed by atoms with Gasteiger partial charge in [0.2, 0.25) is 0 Å². The Labute approximate surface area is 85.2 Å². The van der Waals surface area contributed by atoms with Gasteiger partial charge in [-0.05, 0) is 6.42 Å². The zero-order valence-electron chi connectivity index (χ0n) is 9.16. The summed E-state index contributed by atoms with van der Waals surface area (Å²) in [7, 11) is 2.68. The predicted octanol–water partition coefficient (Wildman–Crippen LogP) is 1.12. The molecule has 2 atom stereocenters. The molecule has 4 heteroatoms. The highest BCUT2D eigenvalue weighted by atomic mass is 16.6. The van der Waals surface area contributed by atoms with Crippen LogP contribution in [0.5, 0.6) is 0 Å². The van der Waals surface area contributed by atoms with Crippen molar-refractivity contribution >= 4 is 5.97 Å². The third-order valence-corrected chi connectivity index (χ3v) is 2.14. The van der Waals surface area contributed by atoms with Crippen LogP contribution in [0.25, 0.3) is 0 Å². The van der Waals surface area contributed by atoms with Gasteiger partial charge >= 0.3 is 5.97 Å². The van der Waals surface area contributed by atoms with E-state index >= 15 is 0 Å². The van der Waals surface area contributed by atoms with Gasteiger partial charge in [0.05, 0.1) is 13.2 Å². The topological polar surface area (TPSA) is 55.8 Å². The summed E-state index contributed by atoms with van der Waals surface area (Å²) in [5.41, 5.74) is 0. The maximum absolute atomic E-state index is 11.1. The largest absolute Gasteiger partial charge is 0.467 e. The first-order valence-corrected chi connectivity index (χ1v) is 4.96. The molecule has 0 saturated carbocycles. The molecule has 0 heterocycles. The van der Waals surface area contributed by atoms with Crippen LogP contribution < -0.4 is 0 Å². The minimum atomic E-state index is -0.850. The Morgan fingerprint density at radius 3 is 2.43 bits per heavy atom. The van der Waals surface area contributed by atoms with Gasteiger partial charge in [0.25, 0.3) is 0 Å². The second-order valence-corrected chi connectivity index (χ2v) is 3.24. The van der Waals surface area contributed by atoms with Crippen LogP contribution in [0.1, 0.15) is 32.6 Å². The molecule has 0 unspecified atom stereocenters. The number of rotatable bonds is 7. The van der Waals surface area contributed by atoms with Crippen LogP contribution in [0.2, 0.25) is 0 Å². The highest BCUT2D eigenvalue weighted by Gasteiger charge is 2.26. The van der Waals surface area contributed by atoms with Crippen LogP contribution in [0.4, 0.5) is 0 Å².